The van der Waals surface area contributed by atoms with Gasteiger partial charge in [-0.3, -0.25) is 4.98 Å². The van der Waals surface area contributed by atoms with E-state index in [1.807, 2.05) is 43.6 Å². The zero-order valence-corrected chi connectivity index (χ0v) is 11.3. The summed E-state index contributed by atoms with van der Waals surface area (Å²) in [4.78, 5) is 7.49. The Bertz CT molecular complexity index is 718. The Hall–Kier alpha value is -2.00. The van der Waals surface area contributed by atoms with Crippen LogP contribution in [0, 0.1) is 6.92 Å². The van der Waals surface area contributed by atoms with E-state index in [2.05, 4.69) is 21.4 Å². The van der Waals surface area contributed by atoms with E-state index < -0.39 is 0 Å². The van der Waals surface area contributed by atoms with Crippen LogP contribution in [0.2, 0.25) is 5.02 Å². The van der Waals surface area contributed by atoms with E-state index in [1.54, 1.807) is 0 Å². The normalized spacial score (nSPS) is 10.8. The van der Waals surface area contributed by atoms with Crippen LogP contribution in [0.4, 0.5) is 5.69 Å². The second-order valence-corrected chi connectivity index (χ2v) is 4.95. The fraction of sp³-hybridized carbons (Fsp3) is 0.133. The summed E-state index contributed by atoms with van der Waals surface area (Å²) in [5.41, 5.74) is 4.18. The van der Waals surface area contributed by atoms with Crippen LogP contribution in [-0.2, 0) is 6.54 Å². The zero-order chi connectivity index (χ0) is 13.2. The number of anilines is 1. The van der Waals surface area contributed by atoms with Crippen LogP contribution in [0.25, 0.3) is 10.9 Å². The number of halogens is 1. The van der Waals surface area contributed by atoms with E-state index in [1.165, 1.54) is 0 Å². The molecular weight excluding hydrogens is 258 g/mol. The van der Waals surface area contributed by atoms with Gasteiger partial charge in [-0.15, -0.1) is 0 Å². The number of fused-ring (bicyclic) bond motifs is 1. The van der Waals surface area contributed by atoms with Gasteiger partial charge in [-0.25, -0.2) is 0 Å². The molecule has 19 heavy (non-hydrogen) atoms. The molecule has 3 aromatic rings. The number of hydrogen-bond acceptors (Lipinski definition) is 2. The summed E-state index contributed by atoms with van der Waals surface area (Å²) >= 11 is 6.37. The first-order valence-electron chi connectivity index (χ1n) is 6.14. The predicted octanol–water partition coefficient (Wildman–Crippen LogP) is 4.14. The van der Waals surface area contributed by atoms with Crippen LogP contribution >= 0.6 is 11.6 Å². The average molecular weight is 272 g/mol. The molecule has 0 aliphatic carbocycles. The average Bonchev–Trinajstić information content (AvgIpc) is 2.74. The Kier molecular flexibility index (Phi) is 3.13. The number of aromatic amines is 1. The molecule has 0 saturated heterocycles. The third-order valence-electron chi connectivity index (χ3n) is 3.06. The van der Waals surface area contributed by atoms with Crippen LogP contribution in [0.5, 0.6) is 0 Å². The Labute approximate surface area is 116 Å². The first kappa shape index (κ1) is 12.1. The van der Waals surface area contributed by atoms with Gasteiger partial charge in [-0.1, -0.05) is 29.8 Å². The molecule has 0 bridgehead atoms. The molecule has 3 nitrogen and oxygen atoms in total. The van der Waals surface area contributed by atoms with Gasteiger partial charge in [0, 0.05) is 23.3 Å². The lowest BCUT2D eigenvalue weighted by Gasteiger charge is -2.05. The molecule has 96 valence electrons. The minimum absolute atomic E-state index is 0.651. The summed E-state index contributed by atoms with van der Waals surface area (Å²) < 4.78 is 0. The van der Waals surface area contributed by atoms with E-state index in [4.69, 9.17) is 11.6 Å². The molecule has 0 saturated carbocycles. The molecule has 0 amide bonds. The van der Waals surface area contributed by atoms with Crippen molar-refractivity contribution in [2.24, 2.45) is 0 Å². The molecule has 4 heteroatoms. The SMILES string of the molecule is Cc1cncc(NCc2[nH]c3ccccc3c2Cl)c1. The molecule has 2 N–H and O–H groups in total. The number of hydrogen-bond donors (Lipinski definition) is 2. The van der Waals surface area contributed by atoms with E-state index >= 15 is 0 Å². The number of aryl methyl sites for hydroxylation is 1. The van der Waals surface area contributed by atoms with Crippen LogP contribution < -0.4 is 5.32 Å². The van der Waals surface area contributed by atoms with Crippen molar-refractivity contribution < 1.29 is 0 Å². The number of nitrogens with zero attached hydrogens (tertiary/aromatic N) is 1. The van der Waals surface area contributed by atoms with Gasteiger partial charge in [-0.05, 0) is 24.6 Å². The van der Waals surface area contributed by atoms with Gasteiger partial charge in [0.05, 0.1) is 22.9 Å². The largest absolute Gasteiger partial charge is 0.378 e. The summed E-state index contributed by atoms with van der Waals surface area (Å²) in [5.74, 6) is 0. The smallest absolute Gasteiger partial charge is 0.0710 e. The third-order valence-corrected chi connectivity index (χ3v) is 3.49. The highest BCUT2D eigenvalue weighted by molar-refractivity contribution is 6.36. The minimum atomic E-state index is 0.651. The van der Waals surface area contributed by atoms with E-state index in [9.17, 15) is 0 Å². The van der Waals surface area contributed by atoms with Crippen LogP contribution in [0.1, 0.15) is 11.3 Å². The second kappa shape index (κ2) is 4.94. The molecule has 2 heterocycles. The molecule has 0 radical (unpaired) electrons. The van der Waals surface area contributed by atoms with Gasteiger partial charge < -0.3 is 10.3 Å². The Morgan fingerprint density at radius 3 is 2.89 bits per heavy atom. The van der Waals surface area contributed by atoms with Crippen molar-refractivity contribution in [3.8, 4) is 0 Å². The standard InChI is InChI=1S/C15H14ClN3/c1-10-6-11(8-17-7-10)18-9-14-15(16)12-4-2-3-5-13(12)19-14/h2-8,18-19H,9H2,1H3. The molecule has 0 unspecified atom stereocenters. The maximum Gasteiger partial charge on any atom is 0.0710 e. The first-order valence-corrected chi connectivity index (χ1v) is 6.52. The van der Waals surface area contributed by atoms with Crippen molar-refractivity contribution in [2.75, 3.05) is 5.32 Å². The van der Waals surface area contributed by atoms with Gasteiger partial charge in [0.1, 0.15) is 0 Å². The van der Waals surface area contributed by atoms with Gasteiger partial charge in [0.15, 0.2) is 0 Å². The summed E-state index contributed by atoms with van der Waals surface area (Å²) in [6.07, 6.45) is 3.64. The van der Waals surface area contributed by atoms with E-state index in [-0.39, 0.29) is 0 Å². The van der Waals surface area contributed by atoms with Gasteiger partial charge >= 0.3 is 0 Å². The van der Waals surface area contributed by atoms with Crippen molar-refractivity contribution in [1.29, 1.82) is 0 Å². The van der Waals surface area contributed by atoms with Crippen LogP contribution in [-0.4, -0.2) is 9.97 Å². The number of pyridine rings is 1. The maximum atomic E-state index is 6.37. The van der Waals surface area contributed by atoms with Gasteiger partial charge in [0.2, 0.25) is 0 Å². The topological polar surface area (TPSA) is 40.7 Å². The number of H-pyrrole nitrogens is 1. The first-order chi connectivity index (χ1) is 9.24. The zero-order valence-electron chi connectivity index (χ0n) is 10.6. The number of benzene rings is 1. The summed E-state index contributed by atoms with van der Waals surface area (Å²) in [7, 11) is 0. The predicted molar refractivity (Wildman–Crippen MR) is 79.6 cm³/mol. The molecule has 0 spiro atoms. The lowest BCUT2D eigenvalue weighted by molar-refractivity contribution is 1.08. The Balaban J connectivity index is 1.84. The highest BCUT2D eigenvalue weighted by atomic mass is 35.5. The monoisotopic (exact) mass is 271 g/mol. The van der Waals surface area contributed by atoms with E-state index in [0.29, 0.717) is 6.54 Å². The van der Waals surface area contributed by atoms with E-state index in [0.717, 1.165) is 32.9 Å². The number of aromatic nitrogens is 2. The molecule has 1 aromatic carbocycles. The number of para-hydroxylation sites is 1. The summed E-state index contributed by atoms with van der Waals surface area (Å²) in [5, 5.41) is 5.17. The molecule has 3 rings (SSSR count). The highest BCUT2D eigenvalue weighted by Crippen LogP contribution is 2.27. The molecule has 0 fully saturated rings. The third kappa shape index (κ3) is 2.42. The maximum absolute atomic E-state index is 6.37. The summed E-state index contributed by atoms with van der Waals surface area (Å²) in [6.45, 7) is 2.67. The molecule has 2 aromatic heterocycles. The van der Waals surface area contributed by atoms with Crippen LogP contribution in [0.15, 0.2) is 42.7 Å². The second-order valence-electron chi connectivity index (χ2n) is 4.57. The van der Waals surface area contributed by atoms with Crippen molar-refractivity contribution in [3.05, 3.63) is 59.0 Å². The fourth-order valence-electron chi connectivity index (χ4n) is 2.13. The van der Waals surface area contributed by atoms with Gasteiger partial charge in [0.25, 0.3) is 0 Å². The van der Waals surface area contributed by atoms with Crippen molar-refractivity contribution >= 4 is 28.2 Å². The lowest BCUT2D eigenvalue weighted by Crippen LogP contribution is -2.00. The van der Waals surface area contributed by atoms with Crippen molar-refractivity contribution in [3.63, 3.8) is 0 Å². The van der Waals surface area contributed by atoms with Crippen LogP contribution in [0.3, 0.4) is 0 Å². The quantitative estimate of drug-likeness (QED) is 0.752. The highest BCUT2D eigenvalue weighted by Gasteiger charge is 2.08. The molecule has 0 atom stereocenters. The van der Waals surface area contributed by atoms with Gasteiger partial charge in [-0.2, -0.15) is 0 Å². The fourth-order valence-corrected chi connectivity index (χ4v) is 2.41. The molecule has 0 aliphatic heterocycles. The minimum Gasteiger partial charge on any atom is -0.378 e. The Morgan fingerprint density at radius 1 is 1.26 bits per heavy atom. The summed E-state index contributed by atoms with van der Waals surface area (Å²) in [6, 6.07) is 10.1. The van der Waals surface area contributed by atoms with Crippen molar-refractivity contribution in [1.82, 2.24) is 9.97 Å². The number of rotatable bonds is 3. The number of nitrogens with one attached hydrogen (secondary N) is 2. The molecular formula is C15H14ClN3. The van der Waals surface area contributed by atoms with Crippen molar-refractivity contribution in [2.45, 2.75) is 13.5 Å². The lowest BCUT2D eigenvalue weighted by atomic mass is 10.2. The molecule has 0 aliphatic rings. The Morgan fingerprint density at radius 2 is 2.11 bits per heavy atom.